The highest BCUT2D eigenvalue weighted by Crippen LogP contribution is 2.40. The van der Waals surface area contributed by atoms with Crippen LogP contribution in [-0.4, -0.2) is 54.5 Å². The average molecular weight is 313 g/mol. The van der Waals surface area contributed by atoms with E-state index in [1.807, 2.05) is 20.8 Å². The third kappa shape index (κ3) is 4.35. The summed E-state index contributed by atoms with van der Waals surface area (Å²) in [6, 6.07) is 0. The van der Waals surface area contributed by atoms with Crippen molar-refractivity contribution in [1.82, 2.24) is 4.90 Å². The molecule has 6 nitrogen and oxygen atoms in total. The maximum absolute atomic E-state index is 12.1. The summed E-state index contributed by atoms with van der Waals surface area (Å²) in [4.78, 5) is 25.2. The van der Waals surface area contributed by atoms with Crippen LogP contribution in [0.1, 0.15) is 52.9 Å². The number of amides is 1. The van der Waals surface area contributed by atoms with Crippen molar-refractivity contribution in [3.8, 4) is 0 Å². The largest absolute Gasteiger partial charge is 0.469 e. The minimum atomic E-state index is -0.471. The highest BCUT2D eigenvalue weighted by molar-refractivity contribution is 5.70. The summed E-state index contributed by atoms with van der Waals surface area (Å²) in [7, 11) is 1.40. The van der Waals surface area contributed by atoms with Crippen LogP contribution in [0.15, 0.2) is 0 Å². The number of hydrogen-bond donors (Lipinski definition) is 0. The monoisotopic (exact) mass is 313 g/mol. The van der Waals surface area contributed by atoms with Crippen molar-refractivity contribution in [3.05, 3.63) is 0 Å². The lowest BCUT2D eigenvalue weighted by molar-refractivity contribution is -0.146. The van der Waals surface area contributed by atoms with Gasteiger partial charge in [0.05, 0.1) is 25.2 Å². The van der Waals surface area contributed by atoms with Gasteiger partial charge in [-0.1, -0.05) is 0 Å². The molecule has 1 amide bonds. The van der Waals surface area contributed by atoms with Crippen LogP contribution in [0.2, 0.25) is 0 Å². The van der Waals surface area contributed by atoms with Gasteiger partial charge in [0.15, 0.2) is 0 Å². The van der Waals surface area contributed by atoms with Crippen molar-refractivity contribution in [2.45, 2.75) is 70.2 Å². The van der Waals surface area contributed by atoms with Crippen LogP contribution >= 0.6 is 0 Å². The van der Waals surface area contributed by atoms with E-state index in [1.54, 1.807) is 4.90 Å². The SMILES string of the molecule is COC(=O)CC1CCC2(CCN(C(=O)OC(C)(C)C)CC2)O1. The Morgan fingerprint density at radius 2 is 1.86 bits per heavy atom. The fourth-order valence-electron chi connectivity index (χ4n) is 3.10. The van der Waals surface area contributed by atoms with Crippen LogP contribution in [0.25, 0.3) is 0 Å². The Bertz CT molecular complexity index is 421. The smallest absolute Gasteiger partial charge is 0.410 e. The molecule has 2 aliphatic heterocycles. The number of piperidine rings is 1. The van der Waals surface area contributed by atoms with E-state index < -0.39 is 5.60 Å². The second-order valence-electron chi connectivity index (χ2n) is 7.21. The fraction of sp³-hybridized carbons (Fsp3) is 0.875. The lowest BCUT2D eigenvalue weighted by Crippen LogP contribution is -2.48. The molecule has 2 saturated heterocycles. The van der Waals surface area contributed by atoms with Crippen LogP contribution in [0.4, 0.5) is 4.79 Å². The Morgan fingerprint density at radius 1 is 1.23 bits per heavy atom. The Hall–Kier alpha value is -1.30. The number of nitrogens with zero attached hydrogens (tertiary/aromatic N) is 1. The second kappa shape index (κ2) is 6.44. The topological polar surface area (TPSA) is 65.1 Å². The minimum absolute atomic E-state index is 0.0551. The van der Waals surface area contributed by atoms with E-state index >= 15 is 0 Å². The molecule has 2 heterocycles. The van der Waals surface area contributed by atoms with Gasteiger partial charge in [-0.05, 0) is 46.5 Å². The molecule has 126 valence electrons. The molecular weight excluding hydrogens is 286 g/mol. The van der Waals surface area contributed by atoms with E-state index in [4.69, 9.17) is 14.2 Å². The molecule has 0 aromatic carbocycles. The van der Waals surface area contributed by atoms with Crippen molar-refractivity contribution in [1.29, 1.82) is 0 Å². The summed E-state index contributed by atoms with van der Waals surface area (Å²) >= 11 is 0. The maximum atomic E-state index is 12.1. The molecule has 22 heavy (non-hydrogen) atoms. The third-order valence-corrected chi connectivity index (χ3v) is 4.29. The number of hydrogen-bond acceptors (Lipinski definition) is 5. The third-order valence-electron chi connectivity index (χ3n) is 4.29. The van der Waals surface area contributed by atoms with Gasteiger partial charge in [-0.2, -0.15) is 0 Å². The van der Waals surface area contributed by atoms with Crippen molar-refractivity contribution in [3.63, 3.8) is 0 Å². The molecule has 0 saturated carbocycles. The molecule has 2 aliphatic rings. The molecule has 0 aromatic heterocycles. The second-order valence-corrected chi connectivity index (χ2v) is 7.21. The summed E-state index contributed by atoms with van der Waals surface area (Å²) in [6.07, 6.45) is 3.41. The predicted octanol–water partition coefficient (Wildman–Crippen LogP) is 2.50. The summed E-state index contributed by atoms with van der Waals surface area (Å²) in [5.41, 5.74) is -0.654. The number of esters is 1. The van der Waals surface area contributed by atoms with Gasteiger partial charge in [0.1, 0.15) is 5.60 Å². The molecule has 1 atom stereocenters. The Labute approximate surface area is 132 Å². The van der Waals surface area contributed by atoms with Crippen LogP contribution in [-0.2, 0) is 19.0 Å². The maximum Gasteiger partial charge on any atom is 0.410 e. The number of carbonyl (C=O) groups is 2. The minimum Gasteiger partial charge on any atom is -0.469 e. The van der Waals surface area contributed by atoms with E-state index in [1.165, 1.54) is 7.11 Å². The van der Waals surface area contributed by atoms with Gasteiger partial charge in [-0.3, -0.25) is 4.79 Å². The average Bonchev–Trinajstić information content (AvgIpc) is 2.80. The Kier molecular flexibility index (Phi) is 5.00. The number of likely N-dealkylation sites (tertiary alicyclic amines) is 1. The highest BCUT2D eigenvalue weighted by atomic mass is 16.6. The molecule has 6 heteroatoms. The van der Waals surface area contributed by atoms with E-state index in [0.717, 1.165) is 25.7 Å². The van der Waals surface area contributed by atoms with Gasteiger partial charge < -0.3 is 19.1 Å². The van der Waals surface area contributed by atoms with Crippen molar-refractivity contribution in [2.75, 3.05) is 20.2 Å². The molecule has 1 unspecified atom stereocenters. The standard InChI is InChI=1S/C16H27NO5/c1-15(2,3)22-14(19)17-9-7-16(8-10-17)6-5-12(21-16)11-13(18)20-4/h12H,5-11H2,1-4H3. The van der Waals surface area contributed by atoms with Crippen molar-refractivity contribution in [2.24, 2.45) is 0 Å². The molecule has 0 N–H and O–H groups in total. The molecule has 2 rings (SSSR count). The molecule has 0 bridgehead atoms. The van der Waals surface area contributed by atoms with Crippen LogP contribution in [0, 0.1) is 0 Å². The van der Waals surface area contributed by atoms with E-state index in [-0.39, 0.29) is 23.8 Å². The first kappa shape index (κ1) is 17.1. The first-order chi connectivity index (χ1) is 10.2. The Morgan fingerprint density at radius 3 is 2.41 bits per heavy atom. The summed E-state index contributed by atoms with van der Waals surface area (Å²) < 4.78 is 16.2. The number of ether oxygens (including phenoxy) is 3. The van der Waals surface area contributed by atoms with Gasteiger partial charge in [0.25, 0.3) is 0 Å². The van der Waals surface area contributed by atoms with Crippen LogP contribution in [0.3, 0.4) is 0 Å². The fourth-order valence-corrected chi connectivity index (χ4v) is 3.10. The highest BCUT2D eigenvalue weighted by Gasteiger charge is 2.44. The summed E-state index contributed by atoms with van der Waals surface area (Å²) in [5, 5.41) is 0. The van der Waals surface area contributed by atoms with E-state index in [0.29, 0.717) is 19.5 Å². The zero-order valence-electron chi connectivity index (χ0n) is 14.0. The van der Waals surface area contributed by atoms with Gasteiger partial charge in [-0.25, -0.2) is 4.79 Å². The quantitative estimate of drug-likeness (QED) is 0.733. The zero-order valence-corrected chi connectivity index (χ0v) is 14.0. The predicted molar refractivity (Wildman–Crippen MR) is 80.5 cm³/mol. The molecule has 2 fully saturated rings. The van der Waals surface area contributed by atoms with Gasteiger partial charge in [0.2, 0.25) is 0 Å². The lowest BCUT2D eigenvalue weighted by Gasteiger charge is -2.39. The molecule has 0 aliphatic carbocycles. The summed E-state index contributed by atoms with van der Waals surface area (Å²) in [6.45, 7) is 6.88. The normalized spacial score (nSPS) is 24.4. The zero-order chi connectivity index (χ0) is 16.4. The van der Waals surface area contributed by atoms with Gasteiger partial charge >= 0.3 is 12.1 Å². The van der Waals surface area contributed by atoms with Gasteiger partial charge in [-0.15, -0.1) is 0 Å². The van der Waals surface area contributed by atoms with Gasteiger partial charge in [0, 0.05) is 13.1 Å². The van der Waals surface area contributed by atoms with Crippen LogP contribution in [0.5, 0.6) is 0 Å². The van der Waals surface area contributed by atoms with Crippen LogP contribution < -0.4 is 0 Å². The number of methoxy groups -OCH3 is 1. The molecule has 1 spiro atoms. The first-order valence-corrected chi connectivity index (χ1v) is 7.96. The number of rotatable bonds is 2. The molecular formula is C16H27NO5. The van der Waals surface area contributed by atoms with Crippen molar-refractivity contribution < 1.29 is 23.8 Å². The number of carbonyl (C=O) groups excluding carboxylic acids is 2. The summed E-state index contributed by atoms with van der Waals surface area (Å²) in [5.74, 6) is -0.228. The molecule has 0 radical (unpaired) electrons. The van der Waals surface area contributed by atoms with Crippen molar-refractivity contribution >= 4 is 12.1 Å². The Balaban J connectivity index is 1.82. The van der Waals surface area contributed by atoms with E-state index in [9.17, 15) is 9.59 Å². The first-order valence-electron chi connectivity index (χ1n) is 7.96. The lowest BCUT2D eigenvalue weighted by atomic mass is 9.88. The molecule has 0 aromatic rings. The van der Waals surface area contributed by atoms with E-state index in [2.05, 4.69) is 0 Å².